The lowest BCUT2D eigenvalue weighted by molar-refractivity contribution is -0.139. The van der Waals surface area contributed by atoms with Gasteiger partial charge in [0.05, 0.1) is 13.5 Å². The van der Waals surface area contributed by atoms with Crippen molar-refractivity contribution in [3.05, 3.63) is 35.4 Å². The van der Waals surface area contributed by atoms with E-state index < -0.39 is 0 Å². The van der Waals surface area contributed by atoms with Gasteiger partial charge in [-0.25, -0.2) is 0 Å². The molecule has 0 heterocycles. The van der Waals surface area contributed by atoms with Crippen LogP contribution in [-0.4, -0.2) is 19.6 Å². The lowest BCUT2D eigenvalue weighted by Crippen LogP contribution is -2.16. The van der Waals surface area contributed by atoms with Gasteiger partial charge in [-0.2, -0.15) is 0 Å². The number of nitrogens with one attached hydrogen (secondary N) is 1. The van der Waals surface area contributed by atoms with Crippen molar-refractivity contribution >= 4 is 5.97 Å². The number of hydrogen-bond acceptors (Lipinski definition) is 3. The molecule has 0 aliphatic heterocycles. The van der Waals surface area contributed by atoms with E-state index >= 15 is 0 Å². The second-order valence-electron chi connectivity index (χ2n) is 4.64. The predicted molar refractivity (Wildman–Crippen MR) is 66.6 cm³/mol. The van der Waals surface area contributed by atoms with Crippen LogP contribution in [0.3, 0.4) is 0 Å². The van der Waals surface area contributed by atoms with Gasteiger partial charge in [-0.1, -0.05) is 24.3 Å². The van der Waals surface area contributed by atoms with E-state index in [2.05, 4.69) is 22.2 Å². The molecule has 3 nitrogen and oxygen atoms in total. The van der Waals surface area contributed by atoms with Crippen molar-refractivity contribution in [3.63, 3.8) is 0 Å². The Morgan fingerprint density at radius 1 is 1.29 bits per heavy atom. The van der Waals surface area contributed by atoms with E-state index in [4.69, 9.17) is 0 Å². The minimum atomic E-state index is -0.190. The van der Waals surface area contributed by atoms with Gasteiger partial charge in [-0.15, -0.1) is 0 Å². The molecule has 1 fully saturated rings. The number of esters is 1. The van der Waals surface area contributed by atoms with Gasteiger partial charge in [0, 0.05) is 6.54 Å². The van der Waals surface area contributed by atoms with E-state index in [1.54, 1.807) is 0 Å². The molecule has 0 atom stereocenters. The van der Waals surface area contributed by atoms with Crippen LogP contribution in [0.15, 0.2) is 24.3 Å². The van der Waals surface area contributed by atoms with Gasteiger partial charge >= 0.3 is 5.97 Å². The molecule has 2 rings (SSSR count). The molecule has 0 unspecified atom stereocenters. The molecule has 1 saturated carbocycles. The molecular formula is C14H19NO2. The molecule has 0 saturated heterocycles. The molecule has 92 valence electrons. The summed E-state index contributed by atoms with van der Waals surface area (Å²) in [6.45, 7) is 2.04. The van der Waals surface area contributed by atoms with E-state index in [1.807, 2.05) is 12.1 Å². The van der Waals surface area contributed by atoms with Gasteiger partial charge < -0.3 is 10.1 Å². The van der Waals surface area contributed by atoms with Crippen molar-refractivity contribution in [2.75, 3.05) is 13.7 Å². The molecule has 0 radical (unpaired) electrons. The Hall–Kier alpha value is -1.35. The molecule has 0 aromatic heterocycles. The van der Waals surface area contributed by atoms with Gasteiger partial charge in [-0.05, 0) is 36.4 Å². The van der Waals surface area contributed by atoms with Crippen LogP contribution in [-0.2, 0) is 22.5 Å². The van der Waals surface area contributed by atoms with E-state index in [9.17, 15) is 4.79 Å². The molecule has 1 N–H and O–H groups in total. The molecule has 1 aromatic rings. The zero-order valence-corrected chi connectivity index (χ0v) is 10.2. The minimum Gasteiger partial charge on any atom is -0.469 e. The fourth-order valence-electron chi connectivity index (χ4n) is 1.76. The highest BCUT2D eigenvalue weighted by molar-refractivity contribution is 5.72. The first-order chi connectivity index (χ1) is 8.28. The number of methoxy groups -OCH3 is 1. The molecule has 0 bridgehead atoms. The summed E-state index contributed by atoms with van der Waals surface area (Å²) in [4.78, 5) is 11.1. The zero-order valence-electron chi connectivity index (χ0n) is 10.2. The normalized spacial score (nSPS) is 14.6. The van der Waals surface area contributed by atoms with Crippen LogP contribution in [0.2, 0.25) is 0 Å². The average molecular weight is 233 g/mol. The van der Waals surface area contributed by atoms with Crippen molar-refractivity contribution < 1.29 is 9.53 Å². The lowest BCUT2D eigenvalue weighted by Gasteiger charge is -2.05. The highest BCUT2D eigenvalue weighted by Gasteiger charge is 2.19. The quantitative estimate of drug-likeness (QED) is 0.763. The summed E-state index contributed by atoms with van der Waals surface area (Å²) in [7, 11) is 1.42. The Morgan fingerprint density at radius 3 is 2.53 bits per heavy atom. The van der Waals surface area contributed by atoms with Crippen molar-refractivity contribution in [2.24, 2.45) is 5.92 Å². The second-order valence-corrected chi connectivity index (χ2v) is 4.64. The molecule has 0 spiro atoms. The number of rotatable bonds is 6. The van der Waals surface area contributed by atoms with Crippen LogP contribution in [0.25, 0.3) is 0 Å². The monoisotopic (exact) mass is 233 g/mol. The Kier molecular flexibility index (Phi) is 4.15. The maximum absolute atomic E-state index is 11.1. The van der Waals surface area contributed by atoms with Gasteiger partial charge in [0.25, 0.3) is 0 Å². The highest BCUT2D eigenvalue weighted by Crippen LogP contribution is 2.27. The summed E-state index contributed by atoms with van der Waals surface area (Å²) in [6.07, 6.45) is 3.11. The average Bonchev–Trinajstić information content (AvgIpc) is 3.15. The van der Waals surface area contributed by atoms with E-state index in [-0.39, 0.29) is 5.97 Å². The van der Waals surface area contributed by atoms with Crippen LogP contribution < -0.4 is 5.32 Å². The first-order valence-corrected chi connectivity index (χ1v) is 6.13. The van der Waals surface area contributed by atoms with Gasteiger partial charge in [-0.3, -0.25) is 4.79 Å². The number of hydrogen-bond donors (Lipinski definition) is 1. The van der Waals surface area contributed by atoms with E-state index in [0.29, 0.717) is 6.42 Å². The standard InChI is InChI=1S/C14H19NO2/c1-17-14(16)8-11-2-4-12(5-3-11)9-15-10-13-6-7-13/h2-5,13,15H,6-10H2,1H3. The molecule has 1 aromatic carbocycles. The number of benzene rings is 1. The van der Waals surface area contributed by atoms with Crippen molar-refractivity contribution in [1.29, 1.82) is 0 Å². The summed E-state index contributed by atoms with van der Waals surface area (Å²) in [6, 6.07) is 8.12. The van der Waals surface area contributed by atoms with Crippen molar-refractivity contribution in [2.45, 2.75) is 25.8 Å². The maximum atomic E-state index is 11.1. The third-order valence-electron chi connectivity index (χ3n) is 3.06. The Balaban J connectivity index is 1.77. The van der Waals surface area contributed by atoms with Gasteiger partial charge in [0.2, 0.25) is 0 Å². The van der Waals surface area contributed by atoms with Crippen LogP contribution >= 0.6 is 0 Å². The second kappa shape index (κ2) is 5.82. The van der Waals surface area contributed by atoms with Gasteiger partial charge in [0.1, 0.15) is 0 Å². The Labute approximate surface area is 102 Å². The number of carbonyl (C=O) groups excluding carboxylic acids is 1. The zero-order chi connectivity index (χ0) is 12.1. The van der Waals surface area contributed by atoms with Crippen LogP contribution in [0.4, 0.5) is 0 Å². The molecule has 1 aliphatic rings. The summed E-state index contributed by atoms with van der Waals surface area (Å²) in [5.74, 6) is 0.721. The third-order valence-corrected chi connectivity index (χ3v) is 3.06. The van der Waals surface area contributed by atoms with Gasteiger partial charge in [0.15, 0.2) is 0 Å². The van der Waals surface area contributed by atoms with Crippen molar-refractivity contribution in [3.8, 4) is 0 Å². The van der Waals surface area contributed by atoms with Crippen molar-refractivity contribution in [1.82, 2.24) is 5.32 Å². The molecule has 3 heteroatoms. The van der Waals surface area contributed by atoms with Crippen LogP contribution in [0.1, 0.15) is 24.0 Å². The fraction of sp³-hybridized carbons (Fsp3) is 0.500. The lowest BCUT2D eigenvalue weighted by atomic mass is 10.1. The highest BCUT2D eigenvalue weighted by atomic mass is 16.5. The number of ether oxygens (including phenoxy) is 1. The Morgan fingerprint density at radius 2 is 1.94 bits per heavy atom. The first kappa shape index (κ1) is 12.1. The minimum absolute atomic E-state index is 0.190. The van der Waals surface area contributed by atoms with E-state index in [0.717, 1.165) is 24.6 Å². The molecule has 17 heavy (non-hydrogen) atoms. The smallest absolute Gasteiger partial charge is 0.309 e. The fourth-order valence-corrected chi connectivity index (χ4v) is 1.76. The van der Waals surface area contributed by atoms with Crippen LogP contribution in [0.5, 0.6) is 0 Å². The Bertz CT molecular complexity index is 368. The molecular weight excluding hydrogens is 214 g/mol. The summed E-state index contributed by atoms with van der Waals surface area (Å²) in [5.41, 5.74) is 2.27. The SMILES string of the molecule is COC(=O)Cc1ccc(CNCC2CC2)cc1. The maximum Gasteiger partial charge on any atom is 0.309 e. The summed E-state index contributed by atoms with van der Waals surface area (Å²) < 4.78 is 4.63. The molecule has 1 aliphatic carbocycles. The van der Waals surface area contributed by atoms with E-state index in [1.165, 1.54) is 25.5 Å². The predicted octanol–water partition coefficient (Wildman–Crippen LogP) is 1.90. The summed E-state index contributed by atoms with van der Waals surface area (Å²) >= 11 is 0. The topological polar surface area (TPSA) is 38.3 Å². The molecule has 0 amide bonds. The third kappa shape index (κ3) is 4.19. The first-order valence-electron chi connectivity index (χ1n) is 6.13. The largest absolute Gasteiger partial charge is 0.469 e. The summed E-state index contributed by atoms with van der Waals surface area (Å²) in [5, 5.41) is 3.44. The van der Waals surface area contributed by atoms with Crippen LogP contribution in [0, 0.1) is 5.92 Å². The number of carbonyl (C=O) groups is 1.